The number of benzene rings is 1. The second kappa shape index (κ2) is 5.92. The van der Waals surface area contributed by atoms with Crippen molar-refractivity contribution in [1.82, 2.24) is 0 Å². The molecule has 0 N–H and O–H groups in total. The minimum Gasteiger partial charge on any atom is -0.491 e. The van der Waals surface area contributed by atoms with E-state index in [0.29, 0.717) is 0 Å². The molecule has 0 bridgehead atoms. The summed E-state index contributed by atoms with van der Waals surface area (Å²) in [7, 11) is 0. The third-order valence-electron chi connectivity index (χ3n) is 2.65. The minimum atomic E-state index is 0.188. The summed E-state index contributed by atoms with van der Waals surface area (Å²) in [6.45, 7) is 5.64. The quantitative estimate of drug-likeness (QED) is 0.804. The Balaban J connectivity index is 1.95. The fourth-order valence-electron chi connectivity index (χ4n) is 1.88. The van der Waals surface area contributed by atoms with Gasteiger partial charge < -0.3 is 14.2 Å². The topological polar surface area (TPSA) is 27.7 Å². The van der Waals surface area contributed by atoms with Crippen molar-refractivity contribution < 1.29 is 14.2 Å². The van der Waals surface area contributed by atoms with Gasteiger partial charge in [0.1, 0.15) is 17.6 Å². The first-order chi connectivity index (χ1) is 8.24. The van der Waals surface area contributed by atoms with Gasteiger partial charge in [0.05, 0.1) is 19.3 Å². The van der Waals surface area contributed by atoms with E-state index in [2.05, 4.69) is 0 Å². The highest BCUT2D eigenvalue weighted by atomic mass is 16.5. The van der Waals surface area contributed by atoms with Crippen molar-refractivity contribution in [2.75, 3.05) is 13.2 Å². The van der Waals surface area contributed by atoms with E-state index in [1.807, 2.05) is 38.1 Å². The zero-order valence-electron chi connectivity index (χ0n) is 10.5. The summed E-state index contributed by atoms with van der Waals surface area (Å²) in [5.74, 6) is 1.75. The molecular weight excluding hydrogens is 216 g/mol. The molecule has 1 aromatic carbocycles. The van der Waals surface area contributed by atoms with Gasteiger partial charge in [0.25, 0.3) is 0 Å². The van der Waals surface area contributed by atoms with E-state index in [-0.39, 0.29) is 12.2 Å². The van der Waals surface area contributed by atoms with E-state index in [1.54, 1.807) is 0 Å². The van der Waals surface area contributed by atoms with Crippen LogP contribution in [0.2, 0.25) is 0 Å². The summed E-state index contributed by atoms with van der Waals surface area (Å²) in [6, 6.07) is 7.85. The van der Waals surface area contributed by atoms with Crippen LogP contribution in [0.4, 0.5) is 0 Å². The van der Waals surface area contributed by atoms with E-state index < -0.39 is 0 Å². The summed E-state index contributed by atoms with van der Waals surface area (Å²) in [5, 5.41) is 0. The molecule has 1 aromatic rings. The third kappa shape index (κ3) is 3.93. The molecule has 1 aliphatic heterocycles. The molecule has 3 nitrogen and oxygen atoms in total. The fourth-order valence-corrected chi connectivity index (χ4v) is 1.88. The predicted molar refractivity (Wildman–Crippen MR) is 66.7 cm³/mol. The van der Waals surface area contributed by atoms with Gasteiger partial charge in [-0.05, 0) is 26.0 Å². The van der Waals surface area contributed by atoms with Gasteiger partial charge in [0.15, 0.2) is 0 Å². The van der Waals surface area contributed by atoms with Gasteiger partial charge in [-0.1, -0.05) is 6.07 Å². The summed E-state index contributed by atoms with van der Waals surface area (Å²) in [5.41, 5.74) is 0. The molecule has 1 aliphatic rings. The molecule has 0 saturated carbocycles. The second-order valence-electron chi connectivity index (χ2n) is 4.57. The second-order valence-corrected chi connectivity index (χ2v) is 4.57. The van der Waals surface area contributed by atoms with Crippen LogP contribution >= 0.6 is 0 Å². The first kappa shape index (κ1) is 12.2. The molecule has 94 valence electrons. The van der Waals surface area contributed by atoms with Crippen LogP contribution in [0.1, 0.15) is 26.7 Å². The molecule has 0 radical (unpaired) electrons. The molecule has 0 unspecified atom stereocenters. The van der Waals surface area contributed by atoms with Gasteiger partial charge in [-0.3, -0.25) is 0 Å². The van der Waals surface area contributed by atoms with E-state index in [0.717, 1.165) is 37.6 Å². The summed E-state index contributed by atoms with van der Waals surface area (Å²) in [6.07, 6.45) is 2.40. The number of hydrogen-bond donors (Lipinski definition) is 0. The number of rotatable bonds is 4. The van der Waals surface area contributed by atoms with Crippen LogP contribution in [0, 0.1) is 0 Å². The lowest BCUT2D eigenvalue weighted by Crippen LogP contribution is -2.25. The van der Waals surface area contributed by atoms with E-state index >= 15 is 0 Å². The lowest BCUT2D eigenvalue weighted by atomic mass is 10.1. The predicted octanol–water partition coefficient (Wildman–Crippen LogP) is 3.03. The molecule has 0 atom stereocenters. The molecular formula is C14H20O3. The molecule has 0 aliphatic carbocycles. The zero-order valence-corrected chi connectivity index (χ0v) is 10.5. The first-order valence-corrected chi connectivity index (χ1v) is 6.25. The van der Waals surface area contributed by atoms with Gasteiger partial charge in [0.2, 0.25) is 0 Å². The minimum absolute atomic E-state index is 0.188. The summed E-state index contributed by atoms with van der Waals surface area (Å²) >= 11 is 0. The SMILES string of the molecule is CC(C)Oc1cccc(OC2CCOCC2)c1. The van der Waals surface area contributed by atoms with Crippen molar-refractivity contribution >= 4 is 0 Å². The molecule has 1 fully saturated rings. The molecule has 0 spiro atoms. The Kier molecular flexibility index (Phi) is 4.26. The lowest BCUT2D eigenvalue weighted by molar-refractivity contribution is 0.0254. The van der Waals surface area contributed by atoms with Gasteiger partial charge in [0, 0.05) is 18.9 Å². The number of ether oxygens (including phenoxy) is 3. The van der Waals surface area contributed by atoms with Crippen molar-refractivity contribution in [1.29, 1.82) is 0 Å². The van der Waals surface area contributed by atoms with Crippen molar-refractivity contribution in [3.05, 3.63) is 24.3 Å². The highest BCUT2D eigenvalue weighted by molar-refractivity contribution is 5.33. The maximum absolute atomic E-state index is 5.92. The van der Waals surface area contributed by atoms with E-state index in [4.69, 9.17) is 14.2 Å². The lowest BCUT2D eigenvalue weighted by Gasteiger charge is -2.23. The van der Waals surface area contributed by atoms with E-state index in [1.165, 1.54) is 0 Å². The normalized spacial score (nSPS) is 17.1. The molecule has 2 rings (SSSR count). The van der Waals surface area contributed by atoms with Crippen LogP contribution in [0.25, 0.3) is 0 Å². The molecule has 3 heteroatoms. The molecule has 17 heavy (non-hydrogen) atoms. The number of hydrogen-bond acceptors (Lipinski definition) is 3. The Morgan fingerprint density at radius 3 is 2.59 bits per heavy atom. The van der Waals surface area contributed by atoms with E-state index in [9.17, 15) is 0 Å². The first-order valence-electron chi connectivity index (χ1n) is 6.25. The monoisotopic (exact) mass is 236 g/mol. The van der Waals surface area contributed by atoms with Crippen LogP contribution in [-0.4, -0.2) is 25.4 Å². The Labute approximate surface area is 103 Å². The Bertz CT molecular complexity index is 343. The average Bonchev–Trinajstić information content (AvgIpc) is 2.30. The Morgan fingerprint density at radius 2 is 1.88 bits per heavy atom. The van der Waals surface area contributed by atoms with Crippen molar-refractivity contribution in [2.45, 2.75) is 38.9 Å². The standard InChI is InChI=1S/C14H20O3/c1-11(2)16-13-4-3-5-14(10-13)17-12-6-8-15-9-7-12/h3-5,10-12H,6-9H2,1-2H3. The highest BCUT2D eigenvalue weighted by Crippen LogP contribution is 2.23. The van der Waals surface area contributed by atoms with Gasteiger partial charge in [-0.25, -0.2) is 0 Å². The van der Waals surface area contributed by atoms with Crippen molar-refractivity contribution in [2.24, 2.45) is 0 Å². The highest BCUT2D eigenvalue weighted by Gasteiger charge is 2.15. The van der Waals surface area contributed by atoms with Gasteiger partial charge in [-0.15, -0.1) is 0 Å². The van der Waals surface area contributed by atoms with Crippen LogP contribution in [-0.2, 0) is 4.74 Å². The van der Waals surface area contributed by atoms with Crippen LogP contribution in [0.5, 0.6) is 11.5 Å². The van der Waals surface area contributed by atoms with Crippen LogP contribution < -0.4 is 9.47 Å². The van der Waals surface area contributed by atoms with Crippen LogP contribution in [0.15, 0.2) is 24.3 Å². The zero-order chi connectivity index (χ0) is 12.1. The average molecular weight is 236 g/mol. The van der Waals surface area contributed by atoms with Gasteiger partial charge >= 0.3 is 0 Å². The summed E-state index contributed by atoms with van der Waals surface area (Å²) in [4.78, 5) is 0. The third-order valence-corrected chi connectivity index (χ3v) is 2.65. The molecule has 1 saturated heterocycles. The fraction of sp³-hybridized carbons (Fsp3) is 0.571. The molecule has 0 amide bonds. The van der Waals surface area contributed by atoms with Crippen molar-refractivity contribution in [3.8, 4) is 11.5 Å². The Morgan fingerprint density at radius 1 is 1.18 bits per heavy atom. The Hall–Kier alpha value is -1.22. The van der Waals surface area contributed by atoms with Crippen LogP contribution in [0.3, 0.4) is 0 Å². The largest absolute Gasteiger partial charge is 0.491 e. The maximum atomic E-state index is 5.92. The molecule has 1 heterocycles. The van der Waals surface area contributed by atoms with Crippen molar-refractivity contribution in [3.63, 3.8) is 0 Å². The maximum Gasteiger partial charge on any atom is 0.123 e. The summed E-state index contributed by atoms with van der Waals surface area (Å²) < 4.78 is 16.9. The smallest absolute Gasteiger partial charge is 0.123 e. The van der Waals surface area contributed by atoms with Gasteiger partial charge in [-0.2, -0.15) is 0 Å². The molecule has 0 aromatic heterocycles.